The normalized spacial score (nSPS) is 16.1. The number of hydrogen-bond acceptors (Lipinski definition) is 4. The van der Waals surface area contributed by atoms with Crippen LogP contribution in [-0.4, -0.2) is 35.0 Å². The molecule has 0 saturated carbocycles. The summed E-state index contributed by atoms with van der Waals surface area (Å²) in [6.45, 7) is 6.68. The third-order valence-electron chi connectivity index (χ3n) is 3.71. The zero-order valence-electron chi connectivity index (χ0n) is 14.3. The van der Waals surface area contributed by atoms with Crippen LogP contribution >= 0.6 is 12.2 Å². The lowest BCUT2D eigenvalue weighted by atomic mass is 10.1. The molecule has 1 saturated heterocycles. The predicted molar refractivity (Wildman–Crippen MR) is 102 cm³/mol. The van der Waals surface area contributed by atoms with Gasteiger partial charge in [0.1, 0.15) is 11.3 Å². The molecule has 1 aliphatic heterocycles. The highest BCUT2D eigenvalue weighted by Crippen LogP contribution is 2.18. The first-order chi connectivity index (χ1) is 12.1. The van der Waals surface area contributed by atoms with E-state index >= 15 is 0 Å². The van der Waals surface area contributed by atoms with Gasteiger partial charge in [0.2, 0.25) is 0 Å². The van der Waals surface area contributed by atoms with Crippen molar-refractivity contribution in [2.24, 2.45) is 0 Å². The maximum atomic E-state index is 12.4. The van der Waals surface area contributed by atoms with E-state index in [1.807, 2.05) is 24.3 Å². The Morgan fingerprint density at radius 2 is 1.96 bits per heavy atom. The van der Waals surface area contributed by atoms with Crippen molar-refractivity contribution in [2.45, 2.75) is 26.2 Å². The van der Waals surface area contributed by atoms with Crippen molar-refractivity contribution in [3.05, 3.63) is 48.1 Å². The van der Waals surface area contributed by atoms with Crippen LogP contribution in [0, 0.1) is 0 Å². The Labute approximate surface area is 153 Å². The van der Waals surface area contributed by atoms with E-state index in [2.05, 4.69) is 18.8 Å². The number of thiocarbonyl (C=S) groups is 1. The Bertz CT molecular complexity index is 695. The van der Waals surface area contributed by atoms with Gasteiger partial charge in [-0.05, 0) is 42.4 Å². The van der Waals surface area contributed by atoms with Crippen LogP contribution in [0.1, 0.15) is 31.7 Å². The van der Waals surface area contributed by atoms with Crippen molar-refractivity contribution >= 4 is 35.2 Å². The molecule has 5 nitrogen and oxygen atoms in total. The van der Waals surface area contributed by atoms with Gasteiger partial charge in [-0.1, -0.05) is 38.0 Å². The minimum absolute atomic E-state index is 0.0482. The summed E-state index contributed by atoms with van der Waals surface area (Å²) in [4.78, 5) is 25.8. The standard InChI is InChI=1S/C19H22N2O3S/c1-3-5-6-12-24-15-9-7-14(8-10-15)13-16-17(22)20-19(25)21(11-4-2)18(16)23/h4,7-10,13H,2-3,5-6,11-12H2,1H3,(H,20,22,25)/b16-13+. The van der Waals surface area contributed by atoms with Crippen molar-refractivity contribution in [1.82, 2.24) is 10.2 Å². The molecule has 132 valence electrons. The highest BCUT2D eigenvalue weighted by molar-refractivity contribution is 7.80. The number of hydrogen-bond donors (Lipinski definition) is 1. The molecule has 25 heavy (non-hydrogen) atoms. The minimum Gasteiger partial charge on any atom is -0.494 e. The van der Waals surface area contributed by atoms with Crippen molar-refractivity contribution in [3.8, 4) is 5.75 Å². The molecule has 0 aromatic heterocycles. The van der Waals surface area contributed by atoms with E-state index in [0.29, 0.717) is 6.61 Å². The van der Waals surface area contributed by atoms with Crippen molar-refractivity contribution in [1.29, 1.82) is 0 Å². The summed E-state index contributed by atoms with van der Waals surface area (Å²) in [6, 6.07) is 7.28. The molecular weight excluding hydrogens is 336 g/mol. The molecule has 0 aliphatic carbocycles. The third-order valence-corrected chi connectivity index (χ3v) is 4.03. The molecule has 2 rings (SSSR count). The van der Waals surface area contributed by atoms with Gasteiger partial charge in [0.05, 0.1) is 6.61 Å². The summed E-state index contributed by atoms with van der Waals surface area (Å²) in [5.74, 6) is -0.143. The van der Waals surface area contributed by atoms with Crippen LogP contribution in [-0.2, 0) is 9.59 Å². The lowest BCUT2D eigenvalue weighted by molar-refractivity contribution is -0.128. The lowest BCUT2D eigenvalue weighted by Gasteiger charge is -2.27. The third kappa shape index (κ3) is 5.00. The lowest BCUT2D eigenvalue weighted by Crippen LogP contribution is -2.53. The molecule has 1 heterocycles. The zero-order valence-corrected chi connectivity index (χ0v) is 15.1. The van der Waals surface area contributed by atoms with Gasteiger partial charge in [-0.15, -0.1) is 6.58 Å². The van der Waals surface area contributed by atoms with Gasteiger partial charge >= 0.3 is 0 Å². The molecule has 0 spiro atoms. The Balaban J connectivity index is 2.10. The highest BCUT2D eigenvalue weighted by atomic mass is 32.1. The van der Waals surface area contributed by atoms with Crippen LogP contribution in [0.15, 0.2) is 42.5 Å². The van der Waals surface area contributed by atoms with Gasteiger partial charge < -0.3 is 4.74 Å². The van der Waals surface area contributed by atoms with Crippen LogP contribution in [0.2, 0.25) is 0 Å². The van der Waals surface area contributed by atoms with E-state index in [4.69, 9.17) is 17.0 Å². The molecule has 1 fully saturated rings. The summed E-state index contributed by atoms with van der Waals surface area (Å²) in [7, 11) is 0. The highest BCUT2D eigenvalue weighted by Gasteiger charge is 2.32. The topological polar surface area (TPSA) is 58.6 Å². The molecule has 1 aromatic rings. The number of ether oxygens (including phenoxy) is 1. The van der Waals surface area contributed by atoms with Gasteiger partial charge in [0, 0.05) is 6.54 Å². The van der Waals surface area contributed by atoms with Gasteiger partial charge in [0.15, 0.2) is 5.11 Å². The average Bonchev–Trinajstić information content (AvgIpc) is 2.60. The fraction of sp³-hybridized carbons (Fsp3) is 0.316. The van der Waals surface area contributed by atoms with E-state index in [9.17, 15) is 9.59 Å². The molecule has 0 radical (unpaired) electrons. The average molecular weight is 358 g/mol. The van der Waals surface area contributed by atoms with Crippen molar-refractivity contribution in [2.75, 3.05) is 13.2 Å². The molecule has 0 unspecified atom stereocenters. The molecule has 0 atom stereocenters. The van der Waals surface area contributed by atoms with Crippen LogP contribution in [0.4, 0.5) is 0 Å². The Kier molecular flexibility index (Phi) is 6.89. The van der Waals surface area contributed by atoms with Crippen LogP contribution in [0.5, 0.6) is 5.75 Å². The maximum absolute atomic E-state index is 12.4. The molecular formula is C19H22N2O3S. The van der Waals surface area contributed by atoms with Crippen LogP contribution in [0.3, 0.4) is 0 Å². The molecule has 1 aromatic carbocycles. The number of amides is 2. The van der Waals surface area contributed by atoms with Crippen LogP contribution < -0.4 is 10.1 Å². The van der Waals surface area contributed by atoms with Crippen LogP contribution in [0.25, 0.3) is 6.08 Å². The SMILES string of the molecule is C=CCN1C(=O)/C(=C/c2ccc(OCCCCC)cc2)C(=O)NC1=S. The quantitative estimate of drug-likeness (QED) is 0.255. The maximum Gasteiger partial charge on any atom is 0.265 e. The van der Waals surface area contributed by atoms with Gasteiger partial charge in [0.25, 0.3) is 11.8 Å². The number of nitrogens with zero attached hydrogens (tertiary/aromatic N) is 1. The first-order valence-electron chi connectivity index (χ1n) is 8.29. The van der Waals surface area contributed by atoms with E-state index in [1.54, 1.807) is 12.2 Å². The number of unbranched alkanes of at least 4 members (excludes halogenated alkanes) is 2. The van der Waals surface area contributed by atoms with Gasteiger partial charge in [-0.2, -0.15) is 0 Å². The molecule has 6 heteroatoms. The van der Waals surface area contributed by atoms with E-state index < -0.39 is 11.8 Å². The zero-order chi connectivity index (χ0) is 18.2. The summed E-state index contributed by atoms with van der Waals surface area (Å²) in [6.07, 6.45) is 6.43. The minimum atomic E-state index is -0.491. The molecule has 1 aliphatic rings. The predicted octanol–water partition coefficient (Wildman–Crippen LogP) is 3.07. The fourth-order valence-electron chi connectivity index (χ4n) is 2.36. The summed E-state index contributed by atoms with van der Waals surface area (Å²) in [5, 5.41) is 2.62. The van der Waals surface area contributed by atoms with Crippen molar-refractivity contribution in [3.63, 3.8) is 0 Å². The number of benzene rings is 1. The van der Waals surface area contributed by atoms with E-state index in [-0.39, 0.29) is 17.2 Å². The second-order valence-electron chi connectivity index (χ2n) is 5.65. The van der Waals surface area contributed by atoms with E-state index in [0.717, 1.165) is 30.6 Å². The molecule has 1 N–H and O–H groups in total. The Hall–Kier alpha value is -2.47. The van der Waals surface area contributed by atoms with Gasteiger partial charge in [-0.25, -0.2) is 0 Å². The second-order valence-corrected chi connectivity index (χ2v) is 6.03. The smallest absolute Gasteiger partial charge is 0.265 e. The first-order valence-corrected chi connectivity index (χ1v) is 8.70. The summed E-state index contributed by atoms with van der Waals surface area (Å²) >= 11 is 5.02. The first kappa shape index (κ1) is 18.9. The number of nitrogens with one attached hydrogen (secondary N) is 1. The largest absolute Gasteiger partial charge is 0.494 e. The number of rotatable bonds is 8. The summed E-state index contributed by atoms with van der Waals surface area (Å²) in [5.41, 5.74) is 0.790. The number of carbonyl (C=O) groups is 2. The fourth-order valence-corrected chi connectivity index (χ4v) is 2.61. The number of carbonyl (C=O) groups excluding carboxylic acids is 2. The van der Waals surface area contributed by atoms with Crippen molar-refractivity contribution < 1.29 is 14.3 Å². The summed E-state index contributed by atoms with van der Waals surface area (Å²) < 4.78 is 5.66. The monoisotopic (exact) mass is 358 g/mol. The molecule has 0 bridgehead atoms. The van der Waals surface area contributed by atoms with Gasteiger partial charge in [-0.3, -0.25) is 19.8 Å². The Morgan fingerprint density at radius 3 is 2.60 bits per heavy atom. The van der Waals surface area contributed by atoms with E-state index in [1.165, 1.54) is 4.90 Å². The second kappa shape index (κ2) is 9.13. The Morgan fingerprint density at radius 1 is 1.24 bits per heavy atom. The molecule has 2 amide bonds.